The number of benzene rings is 4. The molecule has 5 N–H and O–H groups in total. The first-order valence-electron chi connectivity index (χ1n) is 11.0. The number of ether oxygens (including phenoxy) is 1. The summed E-state index contributed by atoms with van der Waals surface area (Å²) in [6, 6.07) is 21.9. The molecule has 0 bridgehead atoms. The molecule has 0 spiro atoms. The lowest BCUT2D eigenvalue weighted by molar-refractivity contribution is 0.359. The lowest BCUT2D eigenvalue weighted by Gasteiger charge is -2.14. The maximum absolute atomic E-state index is 10.5. The summed E-state index contributed by atoms with van der Waals surface area (Å²) in [7, 11) is 0. The molecule has 0 heterocycles. The molecule has 0 aliphatic rings. The minimum atomic E-state index is -0.240. The van der Waals surface area contributed by atoms with E-state index in [1.54, 1.807) is 48.5 Å². The van der Waals surface area contributed by atoms with Crippen molar-refractivity contribution in [2.24, 2.45) is 0 Å². The molecule has 174 valence electrons. The average Bonchev–Trinajstić information content (AvgIpc) is 2.80. The Balaban J connectivity index is 1.46. The van der Waals surface area contributed by atoms with Crippen LogP contribution in [0.25, 0.3) is 0 Å². The number of phenolic OH excluding ortho intramolecular Hbond substituents is 5. The van der Waals surface area contributed by atoms with E-state index >= 15 is 0 Å². The van der Waals surface area contributed by atoms with Crippen LogP contribution in [0, 0.1) is 0 Å². The van der Waals surface area contributed by atoms with Crippen LogP contribution >= 0.6 is 0 Å². The van der Waals surface area contributed by atoms with Gasteiger partial charge in [-0.1, -0.05) is 30.3 Å². The number of hydrogen-bond donors (Lipinski definition) is 5. The monoisotopic (exact) mass is 458 g/mol. The van der Waals surface area contributed by atoms with Crippen LogP contribution in [0.2, 0.25) is 0 Å². The second kappa shape index (κ2) is 10.1. The van der Waals surface area contributed by atoms with Gasteiger partial charge in [0.2, 0.25) is 5.75 Å². The number of hydrogen-bond acceptors (Lipinski definition) is 6. The number of aromatic hydroxyl groups is 5. The minimum Gasteiger partial charge on any atom is -0.508 e. The van der Waals surface area contributed by atoms with Crippen molar-refractivity contribution in [2.45, 2.75) is 25.7 Å². The van der Waals surface area contributed by atoms with Crippen molar-refractivity contribution in [3.8, 4) is 40.2 Å². The molecule has 0 radical (unpaired) electrons. The Kier molecular flexibility index (Phi) is 6.78. The first-order chi connectivity index (χ1) is 16.4. The molecular formula is C28H26O6. The van der Waals surface area contributed by atoms with Crippen LogP contribution < -0.4 is 4.74 Å². The van der Waals surface area contributed by atoms with Gasteiger partial charge in [-0.2, -0.15) is 0 Å². The van der Waals surface area contributed by atoms with Gasteiger partial charge in [0.25, 0.3) is 0 Å². The number of aryl methyl sites for hydroxylation is 4. The zero-order chi connectivity index (χ0) is 24.1. The zero-order valence-corrected chi connectivity index (χ0v) is 18.5. The third-order valence-corrected chi connectivity index (χ3v) is 5.57. The standard InChI is InChI=1S/C28H26O6/c29-22-5-1-3-18(13-22)7-8-20-11-12-24(31)27(17-20)34-28-25(32)15-21(16-26(28)33)10-9-19-4-2-6-23(30)14-19/h1-6,11-17,29-33H,7-10H2. The second-order valence-electron chi connectivity index (χ2n) is 8.21. The third kappa shape index (κ3) is 5.72. The van der Waals surface area contributed by atoms with Crippen LogP contribution in [0.3, 0.4) is 0 Å². The van der Waals surface area contributed by atoms with Crippen molar-refractivity contribution in [1.29, 1.82) is 0 Å². The minimum absolute atomic E-state index is 0.117. The van der Waals surface area contributed by atoms with Crippen molar-refractivity contribution in [3.63, 3.8) is 0 Å². The maximum Gasteiger partial charge on any atom is 0.210 e. The van der Waals surface area contributed by atoms with E-state index in [-0.39, 0.29) is 40.2 Å². The second-order valence-corrected chi connectivity index (χ2v) is 8.21. The molecule has 0 aromatic heterocycles. The maximum atomic E-state index is 10.5. The van der Waals surface area contributed by atoms with Crippen molar-refractivity contribution >= 4 is 0 Å². The molecule has 0 atom stereocenters. The predicted octanol–water partition coefficient (Wildman–Crippen LogP) is 5.58. The summed E-state index contributed by atoms with van der Waals surface area (Å²) in [5.74, 6) is -0.216. The smallest absolute Gasteiger partial charge is 0.210 e. The van der Waals surface area contributed by atoms with Gasteiger partial charge in [0, 0.05) is 0 Å². The van der Waals surface area contributed by atoms with Crippen LogP contribution in [0.15, 0.2) is 78.9 Å². The van der Waals surface area contributed by atoms with E-state index in [0.717, 1.165) is 16.7 Å². The Morgan fingerprint density at radius 3 is 1.50 bits per heavy atom. The fourth-order valence-electron chi connectivity index (χ4n) is 3.81. The molecule has 4 rings (SSSR count). The molecule has 0 saturated heterocycles. The van der Waals surface area contributed by atoms with E-state index in [2.05, 4.69) is 0 Å². The Hall–Kier alpha value is -4.32. The predicted molar refractivity (Wildman–Crippen MR) is 129 cm³/mol. The highest BCUT2D eigenvalue weighted by Crippen LogP contribution is 2.42. The molecule has 0 aliphatic heterocycles. The van der Waals surface area contributed by atoms with Gasteiger partial charge in [-0.15, -0.1) is 0 Å². The largest absolute Gasteiger partial charge is 0.508 e. The van der Waals surface area contributed by atoms with Crippen molar-refractivity contribution in [3.05, 3.63) is 101 Å². The van der Waals surface area contributed by atoms with E-state index in [0.29, 0.717) is 31.2 Å². The van der Waals surface area contributed by atoms with Gasteiger partial charge in [-0.25, -0.2) is 0 Å². The molecule has 34 heavy (non-hydrogen) atoms. The summed E-state index contributed by atoms with van der Waals surface area (Å²) in [5.41, 5.74) is 3.51. The molecule has 4 aromatic carbocycles. The summed E-state index contributed by atoms with van der Waals surface area (Å²) in [6.45, 7) is 0. The Labute approximate surface area is 197 Å². The van der Waals surface area contributed by atoms with Crippen LogP contribution in [0.5, 0.6) is 40.2 Å². The summed E-state index contributed by atoms with van der Waals surface area (Å²) in [5, 5.41) is 50.4. The fourth-order valence-corrected chi connectivity index (χ4v) is 3.81. The van der Waals surface area contributed by atoms with Gasteiger partial charge in [0.1, 0.15) is 11.5 Å². The molecule has 0 unspecified atom stereocenters. The summed E-state index contributed by atoms with van der Waals surface area (Å²) < 4.78 is 5.69. The van der Waals surface area contributed by atoms with Crippen LogP contribution in [0.4, 0.5) is 0 Å². The van der Waals surface area contributed by atoms with Gasteiger partial charge < -0.3 is 30.3 Å². The van der Waals surface area contributed by atoms with Crippen LogP contribution in [-0.4, -0.2) is 25.5 Å². The first kappa shape index (κ1) is 22.9. The van der Waals surface area contributed by atoms with E-state index in [1.807, 2.05) is 12.1 Å². The molecule has 0 fully saturated rings. The summed E-state index contributed by atoms with van der Waals surface area (Å²) in [4.78, 5) is 0. The summed E-state index contributed by atoms with van der Waals surface area (Å²) in [6.07, 6.45) is 2.49. The molecular weight excluding hydrogens is 432 g/mol. The van der Waals surface area contributed by atoms with Crippen molar-refractivity contribution in [1.82, 2.24) is 0 Å². The Morgan fingerprint density at radius 2 is 0.971 bits per heavy atom. The molecule has 0 saturated carbocycles. The van der Waals surface area contributed by atoms with E-state index in [1.165, 1.54) is 18.2 Å². The highest BCUT2D eigenvalue weighted by Gasteiger charge is 2.15. The normalized spacial score (nSPS) is 10.8. The SMILES string of the molecule is Oc1cccc(CCc2cc(O)c(Oc3cc(CCc4cccc(O)c4)ccc3O)c(O)c2)c1. The van der Waals surface area contributed by atoms with Crippen LogP contribution in [-0.2, 0) is 25.7 Å². The molecule has 6 heteroatoms. The molecule has 0 amide bonds. The topological polar surface area (TPSA) is 110 Å². The highest BCUT2D eigenvalue weighted by molar-refractivity contribution is 5.56. The Morgan fingerprint density at radius 1 is 0.471 bits per heavy atom. The molecule has 6 nitrogen and oxygen atoms in total. The van der Waals surface area contributed by atoms with Crippen molar-refractivity contribution in [2.75, 3.05) is 0 Å². The van der Waals surface area contributed by atoms with Gasteiger partial charge >= 0.3 is 0 Å². The average molecular weight is 459 g/mol. The zero-order valence-electron chi connectivity index (χ0n) is 18.5. The first-order valence-corrected chi connectivity index (χ1v) is 11.0. The van der Waals surface area contributed by atoms with Crippen LogP contribution in [0.1, 0.15) is 22.3 Å². The van der Waals surface area contributed by atoms with Gasteiger partial charge in [-0.05, 0) is 96.5 Å². The van der Waals surface area contributed by atoms with E-state index < -0.39 is 0 Å². The van der Waals surface area contributed by atoms with E-state index in [4.69, 9.17) is 4.74 Å². The van der Waals surface area contributed by atoms with Gasteiger partial charge in [0.15, 0.2) is 23.0 Å². The molecule has 0 aliphatic carbocycles. The lowest BCUT2D eigenvalue weighted by atomic mass is 10.0. The molecule has 4 aromatic rings. The van der Waals surface area contributed by atoms with E-state index in [9.17, 15) is 25.5 Å². The number of rotatable bonds is 8. The van der Waals surface area contributed by atoms with Gasteiger partial charge in [-0.3, -0.25) is 0 Å². The Bertz CT molecular complexity index is 1270. The van der Waals surface area contributed by atoms with Gasteiger partial charge in [0.05, 0.1) is 0 Å². The number of phenols is 5. The van der Waals surface area contributed by atoms with Crippen molar-refractivity contribution < 1.29 is 30.3 Å². The fraction of sp³-hybridized carbons (Fsp3) is 0.143. The summed E-state index contributed by atoms with van der Waals surface area (Å²) >= 11 is 0. The quantitative estimate of drug-likeness (QED) is 0.236. The highest BCUT2D eigenvalue weighted by atomic mass is 16.5. The third-order valence-electron chi connectivity index (χ3n) is 5.57. The lowest BCUT2D eigenvalue weighted by Crippen LogP contribution is -1.95.